The normalized spacial score (nSPS) is 62.3. The second-order valence-corrected chi connectivity index (χ2v) is 10.0. The summed E-state index contributed by atoms with van der Waals surface area (Å²) in [6.07, 6.45) is 7.53. The van der Waals surface area contributed by atoms with Gasteiger partial charge >= 0.3 is 0 Å². The topological polar surface area (TPSA) is 60.7 Å². The van der Waals surface area contributed by atoms with E-state index in [0.717, 1.165) is 38.5 Å². The molecule has 0 aromatic heterocycles. The number of aliphatic hydroxyl groups excluding tert-OH is 2. The van der Waals surface area contributed by atoms with E-state index in [0.29, 0.717) is 23.7 Å². The van der Waals surface area contributed by atoms with Gasteiger partial charge in [0, 0.05) is 5.41 Å². The van der Waals surface area contributed by atoms with E-state index in [1.165, 1.54) is 12.8 Å². The van der Waals surface area contributed by atoms with Gasteiger partial charge in [-0.3, -0.25) is 0 Å². The van der Waals surface area contributed by atoms with Crippen LogP contribution in [0.3, 0.4) is 0 Å². The Kier molecular flexibility index (Phi) is 3.52. The maximum absolute atomic E-state index is 11.1. The first-order chi connectivity index (χ1) is 10.7. The molecule has 0 bridgehead atoms. The van der Waals surface area contributed by atoms with Gasteiger partial charge in [-0.1, -0.05) is 13.8 Å². The third kappa shape index (κ3) is 2.05. The van der Waals surface area contributed by atoms with Gasteiger partial charge in [-0.05, 0) is 87.4 Å². The van der Waals surface area contributed by atoms with Crippen molar-refractivity contribution in [2.45, 2.75) is 89.9 Å². The van der Waals surface area contributed by atoms with Crippen LogP contribution in [0.4, 0.5) is 0 Å². The second-order valence-electron chi connectivity index (χ2n) is 10.0. The molecule has 4 saturated carbocycles. The highest BCUT2D eigenvalue weighted by molar-refractivity contribution is 5.15. The quantitative estimate of drug-likeness (QED) is 0.642. The molecule has 0 spiro atoms. The Balaban J connectivity index is 1.69. The summed E-state index contributed by atoms with van der Waals surface area (Å²) < 4.78 is 0. The Hall–Kier alpha value is -0.120. The number of aliphatic hydroxyl groups is 3. The third-order valence-electron chi connectivity index (χ3n) is 9.13. The van der Waals surface area contributed by atoms with Crippen LogP contribution in [0.2, 0.25) is 0 Å². The van der Waals surface area contributed by atoms with Crippen molar-refractivity contribution in [3.63, 3.8) is 0 Å². The third-order valence-corrected chi connectivity index (χ3v) is 9.13. The van der Waals surface area contributed by atoms with Gasteiger partial charge in [-0.25, -0.2) is 0 Å². The molecular formula is C20H34O3. The van der Waals surface area contributed by atoms with E-state index in [1.54, 1.807) is 0 Å². The molecule has 3 nitrogen and oxygen atoms in total. The highest BCUT2D eigenvalue weighted by Gasteiger charge is 2.65. The van der Waals surface area contributed by atoms with Crippen LogP contribution < -0.4 is 0 Å². The van der Waals surface area contributed by atoms with Crippen molar-refractivity contribution in [2.75, 3.05) is 0 Å². The summed E-state index contributed by atoms with van der Waals surface area (Å²) in [6.45, 7) is 6.60. The van der Waals surface area contributed by atoms with Gasteiger partial charge in [0.2, 0.25) is 0 Å². The molecule has 0 unspecified atom stereocenters. The van der Waals surface area contributed by atoms with Gasteiger partial charge in [0.1, 0.15) is 0 Å². The molecule has 3 heteroatoms. The van der Waals surface area contributed by atoms with E-state index in [1.807, 2.05) is 6.92 Å². The minimum absolute atomic E-state index is 0.134. The molecule has 0 aromatic rings. The summed E-state index contributed by atoms with van der Waals surface area (Å²) in [7, 11) is 0. The fourth-order valence-electron chi connectivity index (χ4n) is 7.58. The lowest BCUT2D eigenvalue weighted by Gasteiger charge is -2.62. The molecule has 9 atom stereocenters. The van der Waals surface area contributed by atoms with E-state index >= 15 is 0 Å². The first-order valence-corrected chi connectivity index (χ1v) is 9.77. The van der Waals surface area contributed by atoms with Crippen LogP contribution in [0.5, 0.6) is 0 Å². The van der Waals surface area contributed by atoms with Crippen LogP contribution in [-0.4, -0.2) is 33.1 Å². The van der Waals surface area contributed by atoms with Crippen molar-refractivity contribution in [1.82, 2.24) is 0 Å². The summed E-state index contributed by atoms with van der Waals surface area (Å²) in [5.41, 5.74) is -0.591. The predicted molar refractivity (Wildman–Crippen MR) is 89.7 cm³/mol. The second kappa shape index (κ2) is 4.95. The molecule has 3 N–H and O–H groups in total. The maximum atomic E-state index is 11.1. The molecule has 4 aliphatic rings. The van der Waals surface area contributed by atoms with Gasteiger partial charge in [0.05, 0.1) is 17.8 Å². The Labute approximate surface area is 140 Å². The van der Waals surface area contributed by atoms with E-state index in [4.69, 9.17) is 0 Å². The summed E-state index contributed by atoms with van der Waals surface area (Å²) in [5.74, 6) is 2.03. The van der Waals surface area contributed by atoms with Crippen molar-refractivity contribution in [3.05, 3.63) is 0 Å². The lowest BCUT2D eigenvalue weighted by Crippen LogP contribution is -2.61. The number of hydrogen-bond donors (Lipinski definition) is 3. The van der Waals surface area contributed by atoms with Crippen molar-refractivity contribution in [1.29, 1.82) is 0 Å². The zero-order valence-corrected chi connectivity index (χ0v) is 15.0. The van der Waals surface area contributed by atoms with Crippen molar-refractivity contribution in [2.24, 2.45) is 34.5 Å². The molecular weight excluding hydrogens is 288 g/mol. The molecule has 0 aromatic carbocycles. The summed E-state index contributed by atoms with van der Waals surface area (Å²) in [5, 5.41) is 32.2. The van der Waals surface area contributed by atoms with E-state index in [9.17, 15) is 15.3 Å². The minimum atomic E-state index is -0.635. The smallest absolute Gasteiger partial charge is 0.0676 e. The highest BCUT2D eigenvalue weighted by Crippen LogP contribution is 2.68. The largest absolute Gasteiger partial charge is 0.393 e. The average molecular weight is 322 g/mol. The van der Waals surface area contributed by atoms with Gasteiger partial charge in [-0.2, -0.15) is 0 Å². The van der Waals surface area contributed by atoms with E-state index in [2.05, 4.69) is 13.8 Å². The molecule has 0 aliphatic heterocycles. The number of hydrogen-bond acceptors (Lipinski definition) is 3. The first-order valence-electron chi connectivity index (χ1n) is 9.77. The monoisotopic (exact) mass is 322 g/mol. The van der Waals surface area contributed by atoms with Crippen LogP contribution in [0.1, 0.15) is 72.1 Å². The molecule has 0 radical (unpaired) electrons. The highest BCUT2D eigenvalue weighted by atomic mass is 16.3. The Morgan fingerprint density at radius 3 is 2.39 bits per heavy atom. The molecule has 0 saturated heterocycles. The Morgan fingerprint density at radius 2 is 1.65 bits per heavy atom. The molecule has 4 fully saturated rings. The predicted octanol–water partition coefficient (Wildman–Crippen LogP) is 3.11. The van der Waals surface area contributed by atoms with E-state index < -0.39 is 5.60 Å². The van der Waals surface area contributed by atoms with Crippen molar-refractivity contribution >= 4 is 0 Å². The van der Waals surface area contributed by atoms with Crippen molar-refractivity contribution in [3.8, 4) is 0 Å². The van der Waals surface area contributed by atoms with Gasteiger partial charge < -0.3 is 15.3 Å². The van der Waals surface area contributed by atoms with Crippen LogP contribution in [0.15, 0.2) is 0 Å². The van der Waals surface area contributed by atoms with Crippen LogP contribution in [0, 0.1) is 34.5 Å². The minimum Gasteiger partial charge on any atom is -0.393 e. The lowest BCUT2D eigenvalue weighted by atomic mass is 9.43. The fraction of sp³-hybridized carbons (Fsp3) is 1.00. The molecule has 132 valence electrons. The SMILES string of the molecule is C[C@]12CC[C@@H](O)C[C@@H]1CC[C@@H]1[C@@H]2[C@H](O)C[C@@]2(C)[C@H]1CC[C@@]2(C)O. The first kappa shape index (κ1) is 16.4. The number of fused-ring (bicyclic) bond motifs is 5. The zero-order chi connectivity index (χ0) is 16.6. The number of rotatable bonds is 0. The summed E-state index contributed by atoms with van der Waals surface area (Å²) in [6, 6.07) is 0. The molecule has 0 amide bonds. The zero-order valence-electron chi connectivity index (χ0n) is 15.0. The van der Waals surface area contributed by atoms with Gasteiger partial charge in [0.25, 0.3) is 0 Å². The molecule has 0 heterocycles. The van der Waals surface area contributed by atoms with E-state index in [-0.39, 0.29) is 23.0 Å². The average Bonchev–Trinajstić information content (AvgIpc) is 2.69. The Bertz CT molecular complexity index is 489. The lowest BCUT2D eigenvalue weighted by molar-refractivity contribution is -0.197. The molecule has 4 aliphatic carbocycles. The van der Waals surface area contributed by atoms with Crippen LogP contribution in [0.25, 0.3) is 0 Å². The van der Waals surface area contributed by atoms with Gasteiger partial charge in [-0.15, -0.1) is 0 Å². The Morgan fingerprint density at radius 1 is 0.913 bits per heavy atom. The van der Waals surface area contributed by atoms with Crippen molar-refractivity contribution < 1.29 is 15.3 Å². The van der Waals surface area contributed by atoms with Crippen LogP contribution >= 0.6 is 0 Å². The maximum Gasteiger partial charge on any atom is 0.0676 e. The van der Waals surface area contributed by atoms with Crippen LogP contribution in [-0.2, 0) is 0 Å². The van der Waals surface area contributed by atoms with Gasteiger partial charge in [0.15, 0.2) is 0 Å². The standard InChI is InChI=1S/C20H34O3/c1-18-8-6-13(21)10-12(18)4-5-14-15-7-9-20(3,23)19(15,2)11-16(22)17(14)18/h12-17,21-23H,4-11H2,1-3H3/t12-,13+,14-,15-,16+,17+,18-,19-,20+/m0/s1. The molecule has 23 heavy (non-hydrogen) atoms. The summed E-state index contributed by atoms with van der Waals surface area (Å²) in [4.78, 5) is 0. The molecule has 4 rings (SSSR count). The fourth-order valence-corrected chi connectivity index (χ4v) is 7.58. The summed E-state index contributed by atoms with van der Waals surface area (Å²) >= 11 is 0.